The summed E-state index contributed by atoms with van der Waals surface area (Å²) in [7, 11) is 0. The maximum Gasteiger partial charge on any atom is 0.254 e. The molecule has 0 aromatic heterocycles. The molecule has 0 radical (unpaired) electrons. The van der Waals surface area contributed by atoms with Gasteiger partial charge in [0.1, 0.15) is 5.82 Å². The molecule has 0 heterocycles. The standard InChI is InChI=1S/C15H19FN2O/c1-2-3-4-10-18-15(19)13-11-12(6-5-9-17)7-8-14(13)16/h7-8,11H,2-4,9-10,17H2,1H3,(H,18,19). The topological polar surface area (TPSA) is 55.1 Å². The summed E-state index contributed by atoms with van der Waals surface area (Å²) < 4.78 is 13.6. The molecule has 0 unspecified atom stereocenters. The Labute approximate surface area is 113 Å². The minimum Gasteiger partial charge on any atom is -0.352 e. The van der Waals surface area contributed by atoms with Gasteiger partial charge in [-0.3, -0.25) is 4.79 Å². The van der Waals surface area contributed by atoms with Gasteiger partial charge < -0.3 is 11.1 Å². The van der Waals surface area contributed by atoms with Crippen molar-refractivity contribution in [2.75, 3.05) is 13.1 Å². The fourth-order valence-electron chi connectivity index (χ4n) is 1.60. The van der Waals surface area contributed by atoms with Crippen molar-refractivity contribution in [2.45, 2.75) is 26.2 Å². The highest BCUT2D eigenvalue weighted by atomic mass is 19.1. The molecular formula is C15H19FN2O. The highest BCUT2D eigenvalue weighted by Crippen LogP contribution is 2.10. The minimum atomic E-state index is -0.536. The summed E-state index contributed by atoms with van der Waals surface area (Å²) in [6.07, 6.45) is 3.02. The van der Waals surface area contributed by atoms with Crippen LogP contribution in [0.15, 0.2) is 18.2 Å². The first-order valence-corrected chi connectivity index (χ1v) is 6.45. The highest BCUT2D eigenvalue weighted by molar-refractivity contribution is 5.94. The number of nitrogens with two attached hydrogens (primary N) is 1. The van der Waals surface area contributed by atoms with Crippen LogP contribution in [0.4, 0.5) is 4.39 Å². The molecule has 0 aliphatic carbocycles. The molecule has 4 heteroatoms. The number of hydrogen-bond acceptors (Lipinski definition) is 2. The van der Waals surface area contributed by atoms with Gasteiger partial charge >= 0.3 is 0 Å². The van der Waals surface area contributed by atoms with E-state index in [2.05, 4.69) is 24.1 Å². The molecule has 0 aliphatic rings. The molecule has 3 N–H and O–H groups in total. The second-order valence-corrected chi connectivity index (χ2v) is 4.16. The van der Waals surface area contributed by atoms with Gasteiger partial charge in [0.15, 0.2) is 0 Å². The predicted octanol–water partition coefficient (Wildman–Crippen LogP) is 2.06. The first-order valence-electron chi connectivity index (χ1n) is 6.45. The summed E-state index contributed by atoms with van der Waals surface area (Å²) in [6, 6.07) is 4.24. The Morgan fingerprint density at radius 2 is 2.21 bits per heavy atom. The molecule has 1 aromatic rings. The SMILES string of the molecule is CCCCCNC(=O)c1cc(C#CCN)ccc1F. The van der Waals surface area contributed by atoms with E-state index in [-0.39, 0.29) is 12.1 Å². The van der Waals surface area contributed by atoms with Crippen LogP contribution in [0.5, 0.6) is 0 Å². The quantitative estimate of drug-likeness (QED) is 0.630. The number of unbranched alkanes of at least 4 members (excludes halogenated alkanes) is 2. The lowest BCUT2D eigenvalue weighted by molar-refractivity contribution is 0.0949. The summed E-state index contributed by atoms with van der Waals surface area (Å²) in [5.41, 5.74) is 5.89. The summed E-state index contributed by atoms with van der Waals surface area (Å²) in [5.74, 6) is 4.52. The lowest BCUT2D eigenvalue weighted by Gasteiger charge is -2.06. The number of halogens is 1. The van der Waals surface area contributed by atoms with Crippen molar-refractivity contribution in [1.82, 2.24) is 5.32 Å². The molecule has 0 fully saturated rings. The Kier molecular flexibility index (Phi) is 6.62. The summed E-state index contributed by atoms with van der Waals surface area (Å²) in [6.45, 7) is 2.88. The van der Waals surface area contributed by atoms with E-state index >= 15 is 0 Å². The van der Waals surface area contributed by atoms with Crippen molar-refractivity contribution in [3.63, 3.8) is 0 Å². The molecule has 0 saturated heterocycles. The minimum absolute atomic E-state index is 0.0281. The third-order valence-corrected chi connectivity index (χ3v) is 2.61. The molecular weight excluding hydrogens is 243 g/mol. The molecule has 1 rings (SSSR count). The van der Waals surface area contributed by atoms with E-state index in [1.165, 1.54) is 18.2 Å². The van der Waals surface area contributed by atoms with Crippen molar-refractivity contribution in [1.29, 1.82) is 0 Å². The molecule has 0 bridgehead atoms. The van der Waals surface area contributed by atoms with Gasteiger partial charge in [0.25, 0.3) is 5.91 Å². The van der Waals surface area contributed by atoms with Crippen LogP contribution < -0.4 is 11.1 Å². The predicted molar refractivity (Wildman–Crippen MR) is 74.2 cm³/mol. The average molecular weight is 262 g/mol. The third kappa shape index (κ3) is 5.11. The molecule has 0 saturated carbocycles. The zero-order chi connectivity index (χ0) is 14.1. The number of carbonyl (C=O) groups is 1. The van der Waals surface area contributed by atoms with Crippen LogP contribution in [0, 0.1) is 17.7 Å². The molecule has 0 spiro atoms. The molecule has 1 aromatic carbocycles. The van der Waals surface area contributed by atoms with Crippen molar-refractivity contribution in [3.8, 4) is 11.8 Å². The lowest BCUT2D eigenvalue weighted by Crippen LogP contribution is -2.25. The largest absolute Gasteiger partial charge is 0.352 e. The van der Waals surface area contributed by atoms with E-state index < -0.39 is 11.7 Å². The molecule has 0 atom stereocenters. The number of nitrogens with one attached hydrogen (secondary N) is 1. The zero-order valence-corrected chi connectivity index (χ0v) is 11.1. The van der Waals surface area contributed by atoms with Crippen molar-refractivity contribution >= 4 is 5.91 Å². The number of hydrogen-bond donors (Lipinski definition) is 2. The van der Waals surface area contributed by atoms with Crippen molar-refractivity contribution in [2.24, 2.45) is 5.73 Å². The van der Waals surface area contributed by atoms with Crippen LogP contribution in [0.25, 0.3) is 0 Å². The van der Waals surface area contributed by atoms with Crippen molar-refractivity contribution in [3.05, 3.63) is 35.1 Å². The fourth-order valence-corrected chi connectivity index (χ4v) is 1.60. The lowest BCUT2D eigenvalue weighted by atomic mass is 10.1. The van der Waals surface area contributed by atoms with E-state index in [4.69, 9.17) is 5.73 Å². The van der Waals surface area contributed by atoms with Crippen LogP contribution in [0.2, 0.25) is 0 Å². The molecule has 0 aliphatic heterocycles. The van der Waals surface area contributed by atoms with E-state index in [0.29, 0.717) is 12.1 Å². The van der Waals surface area contributed by atoms with E-state index in [1.54, 1.807) is 0 Å². The van der Waals surface area contributed by atoms with Crippen LogP contribution >= 0.6 is 0 Å². The smallest absolute Gasteiger partial charge is 0.254 e. The second kappa shape index (κ2) is 8.28. The summed E-state index contributed by atoms with van der Waals surface area (Å²) in [4.78, 5) is 11.8. The number of benzene rings is 1. The zero-order valence-electron chi connectivity index (χ0n) is 11.1. The number of carbonyl (C=O) groups excluding carboxylic acids is 1. The van der Waals surface area contributed by atoms with Gasteiger partial charge in [-0.15, -0.1) is 0 Å². The maximum atomic E-state index is 13.6. The highest BCUT2D eigenvalue weighted by Gasteiger charge is 2.11. The van der Waals surface area contributed by atoms with Crippen LogP contribution in [0.1, 0.15) is 42.1 Å². The first-order chi connectivity index (χ1) is 9.19. The van der Waals surface area contributed by atoms with Gasteiger partial charge in [0.05, 0.1) is 12.1 Å². The Hall–Kier alpha value is -1.86. The molecule has 3 nitrogen and oxygen atoms in total. The summed E-state index contributed by atoms with van der Waals surface area (Å²) in [5, 5.41) is 2.71. The Morgan fingerprint density at radius 1 is 1.42 bits per heavy atom. The normalized spacial score (nSPS) is 9.63. The van der Waals surface area contributed by atoms with Gasteiger partial charge in [0.2, 0.25) is 0 Å². The van der Waals surface area contributed by atoms with E-state index in [0.717, 1.165) is 19.3 Å². The van der Waals surface area contributed by atoms with Gasteiger partial charge in [-0.05, 0) is 24.6 Å². The third-order valence-electron chi connectivity index (χ3n) is 2.61. The number of amides is 1. The Bertz CT molecular complexity index is 489. The van der Waals surface area contributed by atoms with E-state index in [1.807, 2.05) is 0 Å². The van der Waals surface area contributed by atoms with Gasteiger partial charge in [-0.2, -0.15) is 0 Å². The van der Waals surface area contributed by atoms with E-state index in [9.17, 15) is 9.18 Å². The van der Waals surface area contributed by atoms with Crippen LogP contribution in [0.3, 0.4) is 0 Å². The van der Waals surface area contributed by atoms with Crippen molar-refractivity contribution < 1.29 is 9.18 Å². The molecule has 102 valence electrons. The monoisotopic (exact) mass is 262 g/mol. The first kappa shape index (κ1) is 15.2. The van der Waals surface area contributed by atoms with Gasteiger partial charge in [0, 0.05) is 12.1 Å². The Morgan fingerprint density at radius 3 is 2.89 bits per heavy atom. The van der Waals surface area contributed by atoms with Gasteiger partial charge in [-0.25, -0.2) is 4.39 Å². The van der Waals surface area contributed by atoms with Gasteiger partial charge in [-0.1, -0.05) is 31.6 Å². The molecule has 1 amide bonds. The summed E-state index contributed by atoms with van der Waals surface area (Å²) >= 11 is 0. The second-order valence-electron chi connectivity index (χ2n) is 4.16. The van der Waals surface area contributed by atoms with Crippen LogP contribution in [-0.2, 0) is 0 Å². The van der Waals surface area contributed by atoms with Crippen LogP contribution in [-0.4, -0.2) is 19.0 Å². The number of rotatable bonds is 5. The molecule has 19 heavy (non-hydrogen) atoms. The Balaban J connectivity index is 2.72. The fraction of sp³-hybridized carbons (Fsp3) is 0.400. The maximum absolute atomic E-state index is 13.6. The average Bonchev–Trinajstić information content (AvgIpc) is 2.42.